The third kappa shape index (κ3) is 2.27. The molecule has 0 spiro atoms. The number of fused-ring (bicyclic) bond motifs is 1. The minimum absolute atomic E-state index is 0.425. The number of para-hydroxylation sites is 1. The highest BCUT2D eigenvalue weighted by atomic mass is 16.5. The van der Waals surface area contributed by atoms with Crippen molar-refractivity contribution in [3.05, 3.63) is 23.8 Å². The van der Waals surface area contributed by atoms with Gasteiger partial charge in [-0.05, 0) is 18.1 Å². The summed E-state index contributed by atoms with van der Waals surface area (Å²) in [5.74, 6) is 0.774. The Morgan fingerprint density at radius 2 is 2.44 bits per heavy atom. The minimum Gasteiger partial charge on any atom is -0.491 e. The van der Waals surface area contributed by atoms with Gasteiger partial charge < -0.3 is 9.47 Å². The molecule has 1 heterocycles. The molecule has 0 bridgehead atoms. The SMILES string of the molecule is CCCOC(=O)Nc1cccc2c1OCC2. The monoisotopic (exact) mass is 221 g/mol. The van der Waals surface area contributed by atoms with E-state index in [1.165, 1.54) is 0 Å². The molecule has 2 rings (SSSR count). The number of carbonyl (C=O) groups is 1. The standard InChI is InChI=1S/C12H15NO3/c1-2-7-16-12(14)13-10-5-3-4-9-6-8-15-11(9)10/h3-5H,2,6-8H2,1H3,(H,13,14). The van der Waals surface area contributed by atoms with Gasteiger partial charge in [0.1, 0.15) is 5.75 Å². The van der Waals surface area contributed by atoms with Crippen molar-refractivity contribution in [3.63, 3.8) is 0 Å². The maximum Gasteiger partial charge on any atom is 0.411 e. The van der Waals surface area contributed by atoms with Crippen molar-refractivity contribution in [2.45, 2.75) is 19.8 Å². The van der Waals surface area contributed by atoms with Crippen LogP contribution < -0.4 is 10.1 Å². The van der Waals surface area contributed by atoms with E-state index in [-0.39, 0.29) is 0 Å². The first-order chi connectivity index (χ1) is 7.81. The Kier molecular flexibility index (Phi) is 3.29. The second-order valence-corrected chi connectivity index (χ2v) is 3.65. The van der Waals surface area contributed by atoms with E-state index in [2.05, 4.69) is 5.32 Å². The maximum absolute atomic E-state index is 11.4. The summed E-state index contributed by atoms with van der Waals surface area (Å²) in [7, 11) is 0. The Labute approximate surface area is 94.6 Å². The first-order valence-corrected chi connectivity index (χ1v) is 5.49. The van der Waals surface area contributed by atoms with Crippen LogP contribution in [-0.2, 0) is 11.2 Å². The van der Waals surface area contributed by atoms with Crippen LogP contribution in [0, 0.1) is 0 Å². The van der Waals surface area contributed by atoms with Crippen LogP contribution in [0.25, 0.3) is 0 Å². The number of ether oxygens (including phenoxy) is 2. The normalized spacial score (nSPS) is 12.8. The second-order valence-electron chi connectivity index (χ2n) is 3.65. The third-order valence-corrected chi connectivity index (χ3v) is 2.39. The number of nitrogens with one attached hydrogen (secondary N) is 1. The van der Waals surface area contributed by atoms with Gasteiger partial charge in [-0.2, -0.15) is 0 Å². The van der Waals surface area contributed by atoms with Gasteiger partial charge in [-0.15, -0.1) is 0 Å². The Hall–Kier alpha value is -1.71. The van der Waals surface area contributed by atoms with Gasteiger partial charge in [0.05, 0.1) is 18.9 Å². The van der Waals surface area contributed by atoms with Crippen molar-refractivity contribution in [1.29, 1.82) is 0 Å². The lowest BCUT2D eigenvalue weighted by Gasteiger charge is -2.09. The number of amides is 1. The highest BCUT2D eigenvalue weighted by Crippen LogP contribution is 2.33. The highest BCUT2D eigenvalue weighted by Gasteiger charge is 2.17. The molecule has 0 aliphatic carbocycles. The average molecular weight is 221 g/mol. The molecule has 4 heteroatoms. The highest BCUT2D eigenvalue weighted by molar-refractivity contribution is 5.87. The molecule has 0 aromatic heterocycles. The first-order valence-electron chi connectivity index (χ1n) is 5.49. The van der Waals surface area contributed by atoms with Crippen molar-refractivity contribution in [2.75, 3.05) is 18.5 Å². The Morgan fingerprint density at radius 3 is 3.25 bits per heavy atom. The summed E-state index contributed by atoms with van der Waals surface area (Å²) in [4.78, 5) is 11.4. The van der Waals surface area contributed by atoms with Crippen LogP contribution >= 0.6 is 0 Å². The molecule has 0 saturated heterocycles. The quantitative estimate of drug-likeness (QED) is 0.853. The average Bonchev–Trinajstić information content (AvgIpc) is 2.75. The second kappa shape index (κ2) is 4.88. The number of benzene rings is 1. The van der Waals surface area contributed by atoms with Crippen molar-refractivity contribution >= 4 is 11.8 Å². The van der Waals surface area contributed by atoms with Gasteiger partial charge >= 0.3 is 6.09 Å². The van der Waals surface area contributed by atoms with Crippen molar-refractivity contribution in [1.82, 2.24) is 0 Å². The van der Waals surface area contributed by atoms with Gasteiger partial charge in [-0.1, -0.05) is 19.1 Å². The first kappa shape index (κ1) is 10.8. The van der Waals surface area contributed by atoms with Crippen molar-refractivity contribution in [2.24, 2.45) is 0 Å². The smallest absolute Gasteiger partial charge is 0.411 e. The minimum atomic E-state index is -0.425. The summed E-state index contributed by atoms with van der Waals surface area (Å²) in [6.45, 7) is 3.07. The van der Waals surface area contributed by atoms with Gasteiger partial charge in [0.25, 0.3) is 0 Å². The van der Waals surface area contributed by atoms with Crippen LogP contribution in [0.5, 0.6) is 5.75 Å². The van der Waals surface area contributed by atoms with Gasteiger partial charge in [0.15, 0.2) is 0 Å². The van der Waals surface area contributed by atoms with Gasteiger partial charge in [-0.3, -0.25) is 5.32 Å². The molecule has 0 atom stereocenters. The number of anilines is 1. The summed E-state index contributed by atoms with van der Waals surface area (Å²) in [6.07, 6.45) is 1.29. The maximum atomic E-state index is 11.4. The van der Waals surface area contributed by atoms with Crippen LogP contribution in [0.1, 0.15) is 18.9 Å². The zero-order chi connectivity index (χ0) is 11.4. The van der Waals surface area contributed by atoms with E-state index < -0.39 is 6.09 Å². The van der Waals surface area contributed by atoms with E-state index >= 15 is 0 Å². The largest absolute Gasteiger partial charge is 0.491 e. The molecule has 1 amide bonds. The molecule has 16 heavy (non-hydrogen) atoms. The van der Waals surface area contributed by atoms with E-state index in [0.717, 1.165) is 24.2 Å². The molecule has 1 aromatic carbocycles. The van der Waals surface area contributed by atoms with Gasteiger partial charge in [0, 0.05) is 6.42 Å². The molecular weight excluding hydrogens is 206 g/mol. The van der Waals surface area contributed by atoms with Crippen LogP contribution in [0.2, 0.25) is 0 Å². The molecule has 1 N–H and O–H groups in total. The summed E-state index contributed by atoms with van der Waals surface area (Å²) < 4.78 is 10.4. The summed E-state index contributed by atoms with van der Waals surface area (Å²) >= 11 is 0. The molecule has 1 aliphatic rings. The molecule has 0 fully saturated rings. The topological polar surface area (TPSA) is 47.6 Å². The zero-order valence-electron chi connectivity index (χ0n) is 9.29. The molecule has 4 nitrogen and oxygen atoms in total. The number of carbonyl (C=O) groups excluding carboxylic acids is 1. The van der Waals surface area contributed by atoms with E-state index in [0.29, 0.717) is 18.9 Å². The number of hydrogen-bond donors (Lipinski definition) is 1. The fourth-order valence-electron chi connectivity index (χ4n) is 1.65. The number of rotatable bonds is 3. The zero-order valence-corrected chi connectivity index (χ0v) is 9.29. The van der Waals surface area contributed by atoms with E-state index in [4.69, 9.17) is 9.47 Å². The molecule has 0 radical (unpaired) electrons. The Balaban J connectivity index is 2.04. The van der Waals surface area contributed by atoms with E-state index in [1.807, 2.05) is 25.1 Å². The molecule has 0 saturated carbocycles. The van der Waals surface area contributed by atoms with Gasteiger partial charge in [-0.25, -0.2) is 4.79 Å². The summed E-state index contributed by atoms with van der Waals surface area (Å²) in [6, 6.07) is 5.73. The lowest BCUT2D eigenvalue weighted by Crippen LogP contribution is -2.14. The Bertz CT molecular complexity index is 390. The van der Waals surface area contributed by atoms with Crippen LogP contribution in [0.4, 0.5) is 10.5 Å². The van der Waals surface area contributed by atoms with Crippen molar-refractivity contribution < 1.29 is 14.3 Å². The summed E-state index contributed by atoms with van der Waals surface area (Å²) in [5, 5.41) is 2.69. The van der Waals surface area contributed by atoms with Crippen molar-refractivity contribution in [3.8, 4) is 5.75 Å². The molecule has 0 unspecified atom stereocenters. The molecule has 86 valence electrons. The molecule has 1 aliphatic heterocycles. The fraction of sp³-hybridized carbons (Fsp3) is 0.417. The fourth-order valence-corrected chi connectivity index (χ4v) is 1.65. The Morgan fingerprint density at radius 1 is 1.56 bits per heavy atom. The molecular formula is C12H15NO3. The lowest BCUT2D eigenvalue weighted by molar-refractivity contribution is 0.161. The van der Waals surface area contributed by atoms with E-state index in [9.17, 15) is 4.79 Å². The predicted molar refractivity (Wildman–Crippen MR) is 60.9 cm³/mol. The third-order valence-electron chi connectivity index (χ3n) is 2.39. The lowest BCUT2D eigenvalue weighted by atomic mass is 10.1. The molecule has 1 aromatic rings. The van der Waals surface area contributed by atoms with E-state index in [1.54, 1.807) is 0 Å². The number of hydrogen-bond acceptors (Lipinski definition) is 3. The van der Waals surface area contributed by atoms with Gasteiger partial charge in [0.2, 0.25) is 0 Å². The summed E-state index contributed by atoms with van der Waals surface area (Å²) in [5.41, 5.74) is 1.82. The van der Waals surface area contributed by atoms with Crippen LogP contribution in [0.15, 0.2) is 18.2 Å². The predicted octanol–water partition coefficient (Wildman–Crippen LogP) is 2.58. The van der Waals surface area contributed by atoms with Crippen LogP contribution in [0.3, 0.4) is 0 Å². The van der Waals surface area contributed by atoms with Crippen LogP contribution in [-0.4, -0.2) is 19.3 Å².